The van der Waals surface area contributed by atoms with Gasteiger partial charge in [0.1, 0.15) is 11.5 Å². The third-order valence-electron chi connectivity index (χ3n) is 7.13. The van der Waals surface area contributed by atoms with Crippen molar-refractivity contribution in [3.8, 4) is 33.8 Å². The molecule has 0 saturated carbocycles. The second kappa shape index (κ2) is 9.26. The highest BCUT2D eigenvalue weighted by atomic mass is 16.5. The Morgan fingerprint density at radius 3 is 1.14 bits per heavy atom. The molecule has 0 aliphatic rings. The summed E-state index contributed by atoms with van der Waals surface area (Å²) in [7, 11) is 0. The van der Waals surface area contributed by atoms with E-state index in [1.807, 2.05) is 0 Å². The molecule has 0 saturated heterocycles. The number of fused-ring (bicyclic) bond motifs is 2. The van der Waals surface area contributed by atoms with E-state index >= 15 is 0 Å². The zero-order chi connectivity index (χ0) is 25.5. The first kappa shape index (κ1) is 23.1. The molecule has 0 bridgehead atoms. The Kier molecular flexibility index (Phi) is 5.77. The van der Waals surface area contributed by atoms with Crippen molar-refractivity contribution in [1.82, 2.24) is 0 Å². The van der Waals surface area contributed by atoms with Crippen LogP contribution in [0.3, 0.4) is 0 Å². The Morgan fingerprint density at radius 2 is 0.730 bits per heavy atom. The molecule has 1 heteroatoms. The Hall–Kier alpha value is -4.36. The van der Waals surface area contributed by atoms with Gasteiger partial charge in [-0.05, 0) is 84.6 Å². The third-order valence-corrected chi connectivity index (χ3v) is 7.13. The van der Waals surface area contributed by atoms with E-state index in [0.29, 0.717) is 0 Å². The van der Waals surface area contributed by atoms with Crippen molar-refractivity contribution < 1.29 is 4.74 Å². The van der Waals surface area contributed by atoms with Crippen LogP contribution < -0.4 is 4.74 Å². The van der Waals surface area contributed by atoms with Gasteiger partial charge in [0.05, 0.1) is 0 Å². The maximum Gasteiger partial charge on any atom is 0.135 e. The first-order valence-electron chi connectivity index (χ1n) is 12.8. The van der Waals surface area contributed by atoms with Crippen LogP contribution in [0.25, 0.3) is 43.8 Å². The smallest absolute Gasteiger partial charge is 0.135 e. The Balaban J connectivity index is 1.57. The molecule has 1 nitrogen and oxygen atoms in total. The molecule has 0 aliphatic carbocycles. The summed E-state index contributed by atoms with van der Waals surface area (Å²) in [4.78, 5) is 0. The van der Waals surface area contributed by atoms with Crippen LogP contribution in [0, 0.1) is 27.7 Å². The molecule has 0 spiro atoms. The Bertz CT molecular complexity index is 1620. The second-order valence-electron chi connectivity index (χ2n) is 10.2. The summed E-state index contributed by atoms with van der Waals surface area (Å²) >= 11 is 0. The maximum atomic E-state index is 6.89. The number of hydrogen-bond acceptors (Lipinski definition) is 1. The zero-order valence-corrected chi connectivity index (χ0v) is 21.8. The highest BCUT2D eigenvalue weighted by Crippen LogP contribution is 2.42. The molecule has 0 heterocycles. The van der Waals surface area contributed by atoms with Crippen LogP contribution in [0.5, 0.6) is 11.5 Å². The summed E-state index contributed by atoms with van der Waals surface area (Å²) in [5, 5.41) is 4.78. The van der Waals surface area contributed by atoms with Gasteiger partial charge < -0.3 is 4.74 Å². The summed E-state index contributed by atoms with van der Waals surface area (Å²) in [6.45, 7) is 8.52. The fraction of sp³-hybridized carbons (Fsp3) is 0.111. The van der Waals surface area contributed by atoms with Crippen LogP contribution in [0.2, 0.25) is 0 Å². The summed E-state index contributed by atoms with van der Waals surface area (Å²) in [5.74, 6) is 1.72. The minimum atomic E-state index is 0.861. The van der Waals surface area contributed by atoms with Crippen LogP contribution in [-0.2, 0) is 0 Å². The molecule has 6 aromatic rings. The van der Waals surface area contributed by atoms with Crippen molar-refractivity contribution in [3.05, 3.63) is 131 Å². The van der Waals surface area contributed by atoms with Gasteiger partial charge in [-0.3, -0.25) is 0 Å². The van der Waals surface area contributed by atoms with Crippen LogP contribution >= 0.6 is 0 Å². The van der Waals surface area contributed by atoms with Crippen LogP contribution in [0.1, 0.15) is 22.3 Å². The highest BCUT2D eigenvalue weighted by Gasteiger charge is 2.15. The topological polar surface area (TPSA) is 9.23 Å². The number of aryl methyl sites for hydroxylation is 4. The lowest BCUT2D eigenvalue weighted by molar-refractivity contribution is 0.488. The van der Waals surface area contributed by atoms with Crippen molar-refractivity contribution in [1.29, 1.82) is 0 Å². The fourth-order valence-electron chi connectivity index (χ4n) is 5.00. The van der Waals surface area contributed by atoms with Gasteiger partial charge in [-0.15, -0.1) is 0 Å². The lowest BCUT2D eigenvalue weighted by Crippen LogP contribution is -1.93. The van der Waals surface area contributed by atoms with Crippen molar-refractivity contribution in [2.45, 2.75) is 27.7 Å². The first-order valence-corrected chi connectivity index (χ1v) is 12.8. The number of ether oxygens (including phenoxy) is 1. The fourth-order valence-corrected chi connectivity index (χ4v) is 5.00. The van der Waals surface area contributed by atoms with Crippen molar-refractivity contribution in [3.63, 3.8) is 0 Å². The molecule has 37 heavy (non-hydrogen) atoms. The lowest BCUT2D eigenvalue weighted by Gasteiger charge is -2.18. The van der Waals surface area contributed by atoms with Gasteiger partial charge in [0.15, 0.2) is 0 Å². The largest absolute Gasteiger partial charge is 0.456 e. The van der Waals surface area contributed by atoms with E-state index in [0.717, 1.165) is 33.8 Å². The summed E-state index contributed by atoms with van der Waals surface area (Å²) < 4.78 is 6.89. The first-order chi connectivity index (χ1) is 17.9. The predicted molar refractivity (Wildman–Crippen MR) is 158 cm³/mol. The molecule has 0 N–H and O–H groups in total. The molecule has 0 radical (unpaired) electrons. The average molecular weight is 479 g/mol. The van der Waals surface area contributed by atoms with Gasteiger partial charge in [0, 0.05) is 11.1 Å². The van der Waals surface area contributed by atoms with Crippen LogP contribution in [0.4, 0.5) is 0 Å². The van der Waals surface area contributed by atoms with Gasteiger partial charge in [0.2, 0.25) is 0 Å². The van der Waals surface area contributed by atoms with Crippen molar-refractivity contribution >= 4 is 21.5 Å². The van der Waals surface area contributed by atoms with Crippen LogP contribution in [-0.4, -0.2) is 0 Å². The monoisotopic (exact) mass is 478 g/mol. The van der Waals surface area contributed by atoms with Gasteiger partial charge in [-0.1, -0.05) is 107 Å². The van der Waals surface area contributed by atoms with Crippen molar-refractivity contribution in [2.24, 2.45) is 0 Å². The van der Waals surface area contributed by atoms with E-state index in [2.05, 4.69) is 137 Å². The highest BCUT2D eigenvalue weighted by molar-refractivity contribution is 5.93. The molecule has 0 aliphatic heterocycles. The normalized spacial score (nSPS) is 11.2. The van der Waals surface area contributed by atoms with Crippen molar-refractivity contribution in [2.75, 3.05) is 0 Å². The number of benzene rings is 6. The standard InChI is InChI=1S/C36H30O/c1-23-5-11-27(12-6-23)33-19-31-17-25(3)9-15-29(31)21-35(33)37-36-22-30-16-10-26(4)18-32(30)20-34(36)28-13-7-24(2)8-14-28/h5-22H,1-4H3. The minimum absolute atomic E-state index is 0.861. The molecular weight excluding hydrogens is 448 g/mol. The summed E-state index contributed by atoms with van der Waals surface area (Å²) in [6.07, 6.45) is 0. The van der Waals surface area contributed by atoms with Gasteiger partial charge in [-0.2, -0.15) is 0 Å². The molecule has 6 rings (SSSR count). The molecule has 0 amide bonds. The second-order valence-corrected chi connectivity index (χ2v) is 10.2. The van der Waals surface area contributed by atoms with Gasteiger partial charge >= 0.3 is 0 Å². The molecule has 6 aromatic carbocycles. The third kappa shape index (κ3) is 4.61. The van der Waals surface area contributed by atoms with E-state index < -0.39 is 0 Å². The lowest BCUT2D eigenvalue weighted by atomic mass is 9.97. The van der Waals surface area contributed by atoms with E-state index in [1.165, 1.54) is 43.8 Å². The molecule has 0 atom stereocenters. The summed E-state index contributed by atoms with van der Waals surface area (Å²) in [6, 6.07) is 39.4. The minimum Gasteiger partial charge on any atom is -0.456 e. The number of hydrogen-bond donors (Lipinski definition) is 0. The van der Waals surface area contributed by atoms with E-state index in [-0.39, 0.29) is 0 Å². The molecule has 180 valence electrons. The van der Waals surface area contributed by atoms with E-state index in [4.69, 9.17) is 4.74 Å². The Labute approximate surface area is 219 Å². The predicted octanol–water partition coefficient (Wildman–Crippen LogP) is 10.4. The average Bonchev–Trinajstić information content (AvgIpc) is 2.89. The molecule has 0 aromatic heterocycles. The quantitative estimate of drug-likeness (QED) is 0.245. The van der Waals surface area contributed by atoms with Gasteiger partial charge in [-0.25, -0.2) is 0 Å². The van der Waals surface area contributed by atoms with Gasteiger partial charge in [0.25, 0.3) is 0 Å². The molecule has 0 unspecified atom stereocenters. The molecule has 0 fully saturated rings. The zero-order valence-electron chi connectivity index (χ0n) is 21.8. The number of rotatable bonds is 4. The molecular formula is C36H30O. The van der Waals surface area contributed by atoms with E-state index in [9.17, 15) is 0 Å². The van der Waals surface area contributed by atoms with Crippen LogP contribution in [0.15, 0.2) is 109 Å². The maximum absolute atomic E-state index is 6.89. The van der Waals surface area contributed by atoms with E-state index in [1.54, 1.807) is 0 Å². The SMILES string of the molecule is Cc1ccc(-c2cc3cc(C)ccc3cc2Oc2cc3ccc(C)cc3cc2-c2ccc(C)cc2)cc1. The summed E-state index contributed by atoms with van der Waals surface area (Å²) in [5.41, 5.74) is 9.48. The Morgan fingerprint density at radius 1 is 0.351 bits per heavy atom.